The number of nitrogens with zero attached hydrogens (tertiary/aromatic N) is 2. The van der Waals surface area contributed by atoms with Gasteiger partial charge in [-0.2, -0.15) is 0 Å². The van der Waals surface area contributed by atoms with E-state index in [2.05, 4.69) is 10.3 Å². The van der Waals surface area contributed by atoms with Gasteiger partial charge in [-0.05, 0) is 39.8 Å². The highest BCUT2D eigenvalue weighted by Gasteiger charge is 2.36. The fourth-order valence-electron chi connectivity index (χ4n) is 3.27. The van der Waals surface area contributed by atoms with Gasteiger partial charge < -0.3 is 15.0 Å². The number of para-hydroxylation sites is 1. The second kappa shape index (κ2) is 6.44. The van der Waals surface area contributed by atoms with E-state index in [9.17, 15) is 9.59 Å². The molecule has 0 aliphatic carbocycles. The van der Waals surface area contributed by atoms with Crippen LogP contribution in [0.15, 0.2) is 30.3 Å². The Morgan fingerprint density at radius 2 is 2.04 bits per heavy atom. The molecule has 2 amide bonds. The van der Waals surface area contributed by atoms with Crippen LogP contribution in [0.5, 0.6) is 0 Å². The fourth-order valence-corrected chi connectivity index (χ4v) is 3.27. The van der Waals surface area contributed by atoms with Crippen molar-refractivity contribution >= 4 is 28.4 Å². The first-order valence-electron chi connectivity index (χ1n) is 8.40. The molecule has 6 heteroatoms. The molecule has 3 rings (SSSR count). The van der Waals surface area contributed by atoms with Crippen LogP contribution >= 0.6 is 0 Å². The third-order valence-electron chi connectivity index (χ3n) is 4.16. The molecule has 0 saturated carbocycles. The Morgan fingerprint density at radius 3 is 2.76 bits per heavy atom. The number of ether oxygens (including phenoxy) is 1. The van der Waals surface area contributed by atoms with Crippen LogP contribution in [0.3, 0.4) is 0 Å². The number of hydrogen-bond acceptors (Lipinski definition) is 4. The number of benzene rings is 1. The molecule has 0 bridgehead atoms. The topological polar surface area (TPSA) is 71.5 Å². The van der Waals surface area contributed by atoms with Gasteiger partial charge in [0, 0.05) is 24.2 Å². The lowest BCUT2D eigenvalue weighted by atomic mass is 10.1. The Kier molecular flexibility index (Phi) is 4.47. The molecule has 6 nitrogen and oxygen atoms in total. The summed E-state index contributed by atoms with van der Waals surface area (Å²) in [7, 11) is 0. The Hall–Kier alpha value is -2.47. The Morgan fingerprint density at radius 1 is 1.28 bits per heavy atom. The lowest BCUT2D eigenvalue weighted by Crippen LogP contribution is -2.56. The highest BCUT2D eigenvalue weighted by molar-refractivity contribution is 6.40. The van der Waals surface area contributed by atoms with Crippen LogP contribution in [-0.2, 0) is 14.3 Å². The number of morpholine rings is 1. The van der Waals surface area contributed by atoms with Gasteiger partial charge in [0.15, 0.2) is 0 Å². The van der Waals surface area contributed by atoms with Crippen LogP contribution in [0, 0.1) is 6.92 Å². The average Bonchev–Trinajstić information content (AvgIpc) is 2.52. The first-order chi connectivity index (χ1) is 11.7. The summed E-state index contributed by atoms with van der Waals surface area (Å²) in [6, 6.07) is 9.37. The molecule has 2 aromatic rings. The number of aromatic nitrogens is 1. The van der Waals surface area contributed by atoms with E-state index in [1.165, 1.54) is 0 Å². The maximum absolute atomic E-state index is 12.6. The molecule has 2 heterocycles. The monoisotopic (exact) mass is 341 g/mol. The molecule has 1 fully saturated rings. The van der Waals surface area contributed by atoms with Gasteiger partial charge >= 0.3 is 11.8 Å². The van der Waals surface area contributed by atoms with Crippen molar-refractivity contribution in [3.63, 3.8) is 0 Å². The lowest BCUT2D eigenvalue weighted by molar-refractivity contribution is -0.161. The fraction of sp³-hybridized carbons (Fsp3) is 0.421. The quantitative estimate of drug-likeness (QED) is 0.809. The molecule has 0 spiro atoms. The average molecular weight is 341 g/mol. The minimum Gasteiger partial charge on any atom is -0.369 e. The predicted octanol–water partition coefficient (Wildman–Crippen LogP) is 2.51. The van der Waals surface area contributed by atoms with Gasteiger partial charge in [-0.25, -0.2) is 0 Å². The summed E-state index contributed by atoms with van der Waals surface area (Å²) in [4.78, 5) is 31.1. The third kappa shape index (κ3) is 3.79. The normalized spacial score (nSPS) is 19.7. The second-order valence-electron chi connectivity index (χ2n) is 7.16. The largest absolute Gasteiger partial charge is 0.369 e. The van der Waals surface area contributed by atoms with E-state index in [4.69, 9.17) is 4.74 Å². The number of rotatable bonds is 1. The van der Waals surface area contributed by atoms with Gasteiger partial charge in [0.1, 0.15) is 0 Å². The van der Waals surface area contributed by atoms with Gasteiger partial charge in [-0.3, -0.25) is 14.6 Å². The molecule has 1 N–H and O–H groups in total. The van der Waals surface area contributed by atoms with Crippen molar-refractivity contribution in [2.75, 3.05) is 18.4 Å². The number of anilines is 1. The molecule has 0 radical (unpaired) electrons. The van der Waals surface area contributed by atoms with E-state index in [0.29, 0.717) is 24.3 Å². The summed E-state index contributed by atoms with van der Waals surface area (Å²) in [5.41, 5.74) is 1.61. The first-order valence-corrected chi connectivity index (χ1v) is 8.40. The van der Waals surface area contributed by atoms with Crippen molar-refractivity contribution in [2.24, 2.45) is 0 Å². The van der Waals surface area contributed by atoms with E-state index < -0.39 is 17.4 Å². The van der Waals surface area contributed by atoms with Crippen molar-refractivity contribution in [2.45, 2.75) is 39.4 Å². The summed E-state index contributed by atoms with van der Waals surface area (Å²) >= 11 is 0. The van der Waals surface area contributed by atoms with Crippen LogP contribution < -0.4 is 5.32 Å². The molecule has 1 atom stereocenters. The highest BCUT2D eigenvalue weighted by Crippen LogP contribution is 2.23. The number of pyridine rings is 1. The Balaban J connectivity index is 1.80. The zero-order chi connectivity index (χ0) is 18.2. The molecule has 25 heavy (non-hydrogen) atoms. The van der Waals surface area contributed by atoms with E-state index in [1.54, 1.807) is 11.0 Å². The molecule has 1 aliphatic rings. The molecule has 0 unspecified atom stereocenters. The summed E-state index contributed by atoms with van der Waals surface area (Å²) in [6.45, 7) is 8.41. The smallest absolute Gasteiger partial charge is 0.313 e. The minimum atomic E-state index is -0.652. The van der Waals surface area contributed by atoms with Crippen LogP contribution in [0.25, 0.3) is 10.9 Å². The SMILES string of the molecule is Cc1ccc2cccc(NC(=O)C(=O)N3C[C@H](C)OC(C)(C)C3)c2n1. The number of nitrogens with one attached hydrogen (secondary N) is 1. The maximum Gasteiger partial charge on any atom is 0.313 e. The van der Waals surface area contributed by atoms with Crippen molar-refractivity contribution in [1.82, 2.24) is 9.88 Å². The molecule has 1 aromatic carbocycles. The number of amides is 2. The van der Waals surface area contributed by atoms with Gasteiger partial charge in [-0.15, -0.1) is 0 Å². The van der Waals surface area contributed by atoms with Gasteiger partial charge in [-0.1, -0.05) is 18.2 Å². The third-order valence-corrected chi connectivity index (χ3v) is 4.16. The van der Waals surface area contributed by atoms with Crippen molar-refractivity contribution in [1.29, 1.82) is 0 Å². The van der Waals surface area contributed by atoms with Crippen molar-refractivity contribution in [3.05, 3.63) is 36.0 Å². The lowest BCUT2D eigenvalue weighted by Gasteiger charge is -2.41. The summed E-state index contributed by atoms with van der Waals surface area (Å²) < 4.78 is 5.79. The van der Waals surface area contributed by atoms with Crippen LogP contribution in [0.1, 0.15) is 26.5 Å². The van der Waals surface area contributed by atoms with Gasteiger partial charge in [0.25, 0.3) is 0 Å². The second-order valence-corrected chi connectivity index (χ2v) is 7.16. The molecule has 132 valence electrons. The number of aryl methyl sites for hydroxylation is 1. The van der Waals surface area contributed by atoms with E-state index in [1.807, 2.05) is 52.0 Å². The van der Waals surface area contributed by atoms with E-state index in [-0.39, 0.29) is 6.10 Å². The summed E-state index contributed by atoms with van der Waals surface area (Å²) in [5, 5.41) is 3.63. The molecule has 1 aliphatic heterocycles. The van der Waals surface area contributed by atoms with Crippen molar-refractivity contribution in [3.8, 4) is 0 Å². The number of hydrogen-bond donors (Lipinski definition) is 1. The van der Waals surface area contributed by atoms with Crippen molar-refractivity contribution < 1.29 is 14.3 Å². The molecular weight excluding hydrogens is 318 g/mol. The zero-order valence-corrected chi connectivity index (χ0v) is 15.0. The molecular formula is C19H23N3O3. The number of fused-ring (bicyclic) bond motifs is 1. The van der Waals surface area contributed by atoms with E-state index >= 15 is 0 Å². The summed E-state index contributed by atoms with van der Waals surface area (Å²) in [5.74, 6) is -1.20. The standard InChI is InChI=1S/C19H23N3O3/c1-12-8-9-14-6-5-7-15(16(14)20-12)21-17(23)18(24)22-10-13(2)25-19(3,4)11-22/h5-9,13H,10-11H2,1-4H3,(H,21,23)/t13-/m0/s1. The molecule has 1 saturated heterocycles. The number of carbonyl (C=O) groups excluding carboxylic acids is 2. The van der Waals surface area contributed by atoms with Gasteiger partial charge in [0.2, 0.25) is 0 Å². The highest BCUT2D eigenvalue weighted by atomic mass is 16.5. The first kappa shape index (κ1) is 17.4. The number of carbonyl (C=O) groups is 2. The predicted molar refractivity (Wildman–Crippen MR) is 96.3 cm³/mol. The Bertz CT molecular complexity index is 832. The summed E-state index contributed by atoms with van der Waals surface area (Å²) in [6.07, 6.45) is -0.109. The van der Waals surface area contributed by atoms with E-state index in [0.717, 1.165) is 11.1 Å². The van der Waals surface area contributed by atoms with Gasteiger partial charge in [0.05, 0.1) is 22.9 Å². The minimum absolute atomic E-state index is 0.109. The zero-order valence-electron chi connectivity index (χ0n) is 15.0. The van der Waals surface area contributed by atoms with Crippen LogP contribution in [-0.4, -0.2) is 46.5 Å². The Labute approximate surface area is 147 Å². The van der Waals surface area contributed by atoms with Crippen LogP contribution in [0.4, 0.5) is 5.69 Å². The maximum atomic E-state index is 12.6. The molecule has 1 aromatic heterocycles. The van der Waals surface area contributed by atoms with Crippen LogP contribution in [0.2, 0.25) is 0 Å².